The van der Waals surface area contributed by atoms with Gasteiger partial charge in [-0.05, 0) is 50.8 Å². The standard InChI is InChI=1S/C15H25NO2/c1-3-9-16-14(11-13-6-5-10-18-13)15(17-4-2)12-7-8-12/h5-6,10,12,14-16H,3-4,7-9,11H2,1-2H3. The third-order valence-electron chi connectivity index (χ3n) is 3.50. The van der Waals surface area contributed by atoms with Crippen LogP contribution >= 0.6 is 0 Å². The monoisotopic (exact) mass is 251 g/mol. The smallest absolute Gasteiger partial charge is 0.105 e. The number of furan rings is 1. The summed E-state index contributed by atoms with van der Waals surface area (Å²) in [6.45, 7) is 6.12. The van der Waals surface area contributed by atoms with E-state index in [1.807, 2.05) is 6.07 Å². The molecular weight excluding hydrogens is 226 g/mol. The Bertz CT molecular complexity index is 319. The molecule has 1 aromatic rings. The van der Waals surface area contributed by atoms with Crippen LogP contribution in [0, 0.1) is 5.92 Å². The van der Waals surface area contributed by atoms with Crippen LogP contribution in [-0.4, -0.2) is 25.3 Å². The summed E-state index contributed by atoms with van der Waals surface area (Å²) in [4.78, 5) is 0. The highest BCUT2D eigenvalue weighted by atomic mass is 16.5. The maximum Gasteiger partial charge on any atom is 0.105 e. The van der Waals surface area contributed by atoms with E-state index < -0.39 is 0 Å². The summed E-state index contributed by atoms with van der Waals surface area (Å²) < 4.78 is 11.4. The van der Waals surface area contributed by atoms with Gasteiger partial charge < -0.3 is 14.5 Å². The van der Waals surface area contributed by atoms with Crippen molar-refractivity contribution >= 4 is 0 Å². The topological polar surface area (TPSA) is 34.4 Å². The first-order valence-corrected chi connectivity index (χ1v) is 7.22. The van der Waals surface area contributed by atoms with Gasteiger partial charge >= 0.3 is 0 Å². The van der Waals surface area contributed by atoms with Gasteiger partial charge in [0.05, 0.1) is 12.4 Å². The van der Waals surface area contributed by atoms with Crippen molar-refractivity contribution in [2.24, 2.45) is 5.92 Å². The van der Waals surface area contributed by atoms with E-state index in [9.17, 15) is 0 Å². The molecule has 0 bridgehead atoms. The van der Waals surface area contributed by atoms with Gasteiger partial charge in [0.1, 0.15) is 5.76 Å². The van der Waals surface area contributed by atoms with Crippen molar-refractivity contribution in [3.63, 3.8) is 0 Å². The van der Waals surface area contributed by atoms with Gasteiger partial charge in [-0.25, -0.2) is 0 Å². The summed E-state index contributed by atoms with van der Waals surface area (Å²) in [5.74, 6) is 1.79. The minimum atomic E-state index is 0.339. The number of hydrogen-bond acceptors (Lipinski definition) is 3. The molecule has 1 fully saturated rings. The molecule has 3 heteroatoms. The van der Waals surface area contributed by atoms with Gasteiger partial charge in [0, 0.05) is 19.1 Å². The quantitative estimate of drug-likeness (QED) is 0.732. The fraction of sp³-hybridized carbons (Fsp3) is 0.733. The van der Waals surface area contributed by atoms with E-state index in [1.54, 1.807) is 6.26 Å². The molecule has 2 atom stereocenters. The molecule has 3 nitrogen and oxygen atoms in total. The molecule has 0 saturated heterocycles. The van der Waals surface area contributed by atoms with E-state index >= 15 is 0 Å². The molecule has 0 aromatic carbocycles. The van der Waals surface area contributed by atoms with Gasteiger partial charge in [0.15, 0.2) is 0 Å². The summed E-state index contributed by atoms with van der Waals surface area (Å²) >= 11 is 0. The molecular formula is C15H25NO2. The molecule has 0 amide bonds. The van der Waals surface area contributed by atoms with Gasteiger partial charge in [0.25, 0.3) is 0 Å². The number of ether oxygens (including phenoxy) is 1. The Labute approximate surface area is 110 Å². The highest BCUT2D eigenvalue weighted by molar-refractivity contribution is 5.03. The Morgan fingerprint density at radius 1 is 1.44 bits per heavy atom. The van der Waals surface area contributed by atoms with Crippen LogP contribution in [0.25, 0.3) is 0 Å². The van der Waals surface area contributed by atoms with Gasteiger partial charge in [0.2, 0.25) is 0 Å². The second kappa shape index (κ2) is 6.95. The minimum Gasteiger partial charge on any atom is -0.469 e. The number of hydrogen-bond donors (Lipinski definition) is 1. The zero-order valence-electron chi connectivity index (χ0n) is 11.5. The van der Waals surface area contributed by atoms with Crippen LogP contribution in [0.1, 0.15) is 38.9 Å². The molecule has 0 spiro atoms. The lowest BCUT2D eigenvalue weighted by Crippen LogP contribution is -2.44. The van der Waals surface area contributed by atoms with Crippen molar-refractivity contribution in [1.29, 1.82) is 0 Å². The van der Waals surface area contributed by atoms with E-state index in [0.717, 1.165) is 37.7 Å². The maximum atomic E-state index is 5.97. The minimum absolute atomic E-state index is 0.339. The average Bonchev–Trinajstić information content (AvgIpc) is 3.09. The van der Waals surface area contributed by atoms with E-state index in [2.05, 4.69) is 25.2 Å². The Kier molecular flexibility index (Phi) is 5.26. The molecule has 1 aliphatic carbocycles. The third-order valence-corrected chi connectivity index (χ3v) is 3.50. The second-order valence-electron chi connectivity index (χ2n) is 5.10. The highest BCUT2D eigenvalue weighted by Gasteiger charge is 2.37. The lowest BCUT2D eigenvalue weighted by Gasteiger charge is -2.27. The molecule has 2 rings (SSSR count). The fourth-order valence-corrected chi connectivity index (χ4v) is 2.48. The summed E-state index contributed by atoms with van der Waals surface area (Å²) in [6, 6.07) is 4.39. The number of nitrogens with one attached hydrogen (secondary N) is 1. The number of rotatable bonds is 9. The first-order valence-electron chi connectivity index (χ1n) is 7.22. The normalized spacial score (nSPS) is 18.8. The van der Waals surface area contributed by atoms with Gasteiger partial charge in [-0.15, -0.1) is 0 Å². The third kappa shape index (κ3) is 3.85. The lowest BCUT2D eigenvalue weighted by atomic mass is 10.0. The van der Waals surface area contributed by atoms with Crippen molar-refractivity contribution in [2.75, 3.05) is 13.2 Å². The van der Waals surface area contributed by atoms with Crippen LogP contribution in [0.4, 0.5) is 0 Å². The van der Waals surface area contributed by atoms with Crippen LogP contribution in [0.5, 0.6) is 0 Å². The van der Waals surface area contributed by atoms with Crippen LogP contribution in [0.15, 0.2) is 22.8 Å². The summed E-state index contributed by atoms with van der Waals surface area (Å²) in [5.41, 5.74) is 0. The van der Waals surface area contributed by atoms with Crippen LogP contribution < -0.4 is 5.32 Å². The van der Waals surface area contributed by atoms with Gasteiger partial charge in [-0.2, -0.15) is 0 Å². The largest absolute Gasteiger partial charge is 0.469 e. The maximum absolute atomic E-state index is 5.97. The predicted molar refractivity (Wildman–Crippen MR) is 72.6 cm³/mol. The Hall–Kier alpha value is -0.800. The van der Waals surface area contributed by atoms with Crippen molar-refractivity contribution in [3.8, 4) is 0 Å². The summed E-state index contributed by atoms with van der Waals surface area (Å²) in [6.07, 6.45) is 6.79. The molecule has 1 saturated carbocycles. The highest BCUT2D eigenvalue weighted by Crippen LogP contribution is 2.36. The molecule has 0 aliphatic heterocycles. The molecule has 1 heterocycles. The molecule has 102 valence electrons. The summed E-state index contributed by atoms with van der Waals surface area (Å²) in [5, 5.41) is 3.63. The first-order chi connectivity index (χ1) is 8.85. The van der Waals surface area contributed by atoms with Gasteiger partial charge in [-0.3, -0.25) is 0 Å². The first kappa shape index (κ1) is 13.6. The lowest BCUT2D eigenvalue weighted by molar-refractivity contribution is 0.0180. The van der Waals surface area contributed by atoms with Crippen molar-refractivity contribution in [1.82, 2.24) is 5.32 Å². The van der Waals surface area contributed by atoms with E-state index in [1.165, 1.54) is 12.8 Å². The van der Waals surface area contributed by atoms with Gasteiger partial charge in [-0.1, -0.05) is 6.92 Å². The molecule has 2 unspecified atom stereocenters. The fourth-order valence-electron chi connectivity index (χ4n) is 2.48. The van der Waals surface area contributed by atoms with E-state index in [4.69, 9.17) is 9.15 Å². The van der Waals surface area contributed by atoms with Crippen LogP contribution in [-0.2, 0) is 11.2 Å². The predicted octanol–water partition coefficient (Wildman–Crippen LogP) is 3.01. The molecule has 1 aliphatic rings. The van der Waals surface area contributed by atoms with Crippen molar-refractivity contribution < 1.29 is 9.15 Å². The Balaban J connectivity index is 1.97. The molecule has 1 N–H and O–H groups in total. The van der Waals surface area contributed by atoms with E-state index in [0.29, 0.717) is 12.1 Å². The molecule has 18 heavy (non-hydrogen) atoms. The molecule has 1 aromatic heterocycles. The van der Waals surface area contributed by atoms with E-state index in [-0.39, 0.29) is 0 Å². The molecule has 0 radical (unpaired) electrons. The van der Waals surface area contributed by atoms with Crippen molar-refractivity contribution in [3.05, 3.63) is 24.2 Å². The zero-order valence-corrected chi connectivity index (χ0v) is 11.5. The average molecular weight is 251 g/mol. The summed E-state index contributed by atoms with van der Waals surface area (Å²) in [7, 11) is 0. The Morgan fingerprint density at radius 3 is 2.83 bits per heavy atom. The second-order valence-corrected chi connectivity index (χ2v) is 5.10. The Morgan fingerprint density at radius 2 is 2.28 bits per heavy atom. The zero-order chi connectivity index (χ0) is 12.8. The van der Waals surface area contributed by atoms with Crippen LogP contribution in [0.2, 0.25) is 0 Å². The van der Waals surface area contributed by atoms with Crippen LogP contribution in [0.3, 0.4) is 0 Å². The van der Waals surface area contributed by atoms with Crippen molar-refractivity contribution in [2.45, 2.75) is 51.7 Å². The SMILES string of the molecule is CCCNC(Cc1ccco1)C(OCC)C1CC1.